The minimum Gasteiger partial charge on any atom is -0.313 e. The third-order valence-electron chi connectivity index (χ3n) is 1.62. The molecule has 0 aliphatic rings. The smallest absolute Gasteiger partial charge is 0.250 e. The first-order valence-electron chi connectivity index (χ1n) is 4.75. The molecule has 0 aliphatic carbocycles. The van der Waals surface area contributed by atoms with Crippen molar-refractivity contribution < 1.29 is 4.79 Å². The van der Waals surface area contributed by atoms with E-state index in [0.29, 0.717) is 0 Å². The number of hydrogen-bond acceptors (Lipinski definition) is 1. The Kier molecular flexibility index (Phi) is 5.94. The summed E-state index contributed by atoms with van der Waals surface area (Å²) < 4.78 is 0. The summed E-state index contributed by atoms with van der Waals surface area (Å²) in [5.41, 5.74) is 0. The summed E-state index contributed by atoms with van der Waals surface area (Å²) in [6.07, 6.45) is 8.14. The fourth-order valence-corrected chi connectivity index (χ4v) is 0.948. The number of allylic oxidation sites excluding steroid dienone is 2. The van der Waals surface area contributed by atoms with E-state index < -0.39 is 0 Å². The summed E-state index contributed by atoms with van der Waals surface area (Å²) in [5, 5.41) is 0. The fourth-order valence-electron chi connectivity index (χ4n) is 0.948. The van der Waals surface area contributed by atoms with Gasteiger partial charge in [-0.1, -0.05) is 19.1 Å². The second kappa shape index (κ2) is 6.46. The van der Waals surface area contributed by atoms with Crippen molar-refractivity contribution in [2.45, 2.75) is 40.2 Å². The van der Waals surface area contributed by atoms with E-state index in [9.17, 15) is 4.79 Å². The normalized spacial score (nSPS) is 11.8. The number of carbonyl (C=O) groups excluding carboxylic acids is 1. The van der Waals surface area contributed by atoms with Crippen LogP contribution >= 0.6 is 0 Å². The molecule has 0 aromatic heterocycles. The van der Waals surface area contributed by atoms with Gasteiger partial charge in [0.1, 0.15) is 0 Å². The predicted molar refractivity (Wildman–Crippen MR) is 56.2 cm³/mol. The number of carbonyl (C=O) groups is 1. The zero-order valence-electron chi connectivity index (χ0n) is 8.95. The molecule has 0 spiro atoms. The lowest BCUT2D eigenvalue weighted by atomic mass is 10.3. The number of hydrogen-bond donors (Lipinski definition) is 0. The Bertz CT molecular complexity index is 204. The lowest BCUT2D eigenvalue weighted by Crippen LogP contribution is -2.30. The highest BCUT2D eigenvalue weighted by molar-refractivity contribution is 5.88. The molecule has 0 rings (SSSR count). The highest BCUT2D eigenvalue weighted by atomic mass is 16.2. The van der Waals surface area contributed by atoms with E-state index in [1.54, 1.807) is 17.1 Å². The van der Waals surface area contributed by atoms with E-state index >= 15 is 0 Å². The molecule has 1 amide bonds. The summed E-state index contributed by atoms with van der Waals surface area (Å²) >= 11 is 0. The highest BCUT2D eigenvalue weighted by Gasteiger charge is 2.09. The van der Waals surface area contributed by atoms with Crippen molar-refractivity contribution in [2.24, 2.45) is 0 Å². The van der Waals surface area contributed by atoms with E-state index in [1.165, 1.54) is 0 Å². The van der Waals surface area contributed by atoms with Crippen LogP contribution in [0.4, 0.5) is 0 Å². The summed E-state index contributed by atoms with van der Waals surface area (Å²) in [4.78, 5) is 13.2. The Hall–Kier alpha value is -1.05. The standard InChI is InChI=1S/C11H19NO/c1-5-7-9-12(10(3)4)11(13)8-6-2/h6-10H,5H2,1-4H3/b8-6+,9-7+. The van der Waals surface area contributed by atoms with Crippen molar-refractivity contribution in [2.75, 3.05) is 0 Å². The Morgan fingerprint density at radius 1 is 1.46 bits per heavy atom. The monoisotopic (exact) mass is 181 g/mol. The zero-order chi connectivity index (χ0) is 10.3. The molecule has 0 heterocycles. The molecule has 13 heavy (non-hydrogen) atoms. The van der Waals surface area contributed by atoms with Crippen molar-refractivity contribution in [1.29, 1.82) is 0 Å². The first kappa shape index (κ1) is 11.9. The SMILES string of the molecule is C/C=C/C(=O)N(/C=C/CC)C(C)C. The second-order valence-electron chi connectivity index (χ2n) is 3.13. The average Bonchev–Trinajstić information content (AvgIpc) is 2.05. The van der Waals surface area contributed by atoms with Gasteiger partial charge in [0.25, 0.3) is 0 Å². The molecule has 0 saturated carbocycles. The maximum Gasteiger partial charge on any atom is 0.250 e. The Morgan fingerprint density at radius 2 is 2.08 bits per heavy atom. The van der Waals surface area contributed by atoms with E-state index in [0.717, 1.165) is 6.42 Å². The molecule has 0 aromatic rings. The van der Waals surface area contributed by atoms with Gasteiger partial charge in [-0.25, -0.2) is 0 Å². The minimum atomic E-state index is 0.0437. The van der Waals surface area contributed by atoms with Gasteiger partial charge in [0, 0.05) is 12.2 Å². The Balaban J connectivity index is 4.41. The molecule has 0 saturated heterocycles. The molecule has 0 aliphatic heterocycles. The van der Waals surface area contributed by atoms with Crippen LogP contribution in [-0.2, 0) is 4.79 Å². The molecule has 0 unspecified atom stereocenters. The molecular weight excluding hydrogens is 162 g/mol. The lowest BCUT2D eigenvalue weighted by molar-refractivity contribution is -0.124. The molecule has 74 valence electrons. The topological polar surface area (TPSA) is 20.3 Å². The summed E-state index contributed by atoms with van der Waals surface area (Å²) in [6.45, 7) is 7.90. The zero-order valence-corrected chi connectivity index (χ0v) is 8.95. The molecule has 0 radical (unpaired) electrons. The van der Waals surface area contributed by atoms with Crippen LogP contribution in [0.1, 0.15) is 34.1 Å². The molecule has 2 heteroatoms. The summed E-state index contributed by atoms with van der Waals surface area (Å²) in [5.74, 6) is 0.0437. The number of amides is 1. The Labute approximate surface area is 80.9 Å². The van der Waals surface area contributed by atoms with Gasteiger partial charge >= 0.3 is 0 Å². The first-order chi connectivity index (χ1) is 6.13. The van der Waals surface area contributed by atoms with Crippen molar-refractivity contribution in [3.05, 3.63) is 24.4 Å². The minimum absolute atomic E-state index is 0.0437. The summed E-state index contributed by atoms with van der Waals surface area (Å²) in [7, 11) is 0. The van der Waals surface area contributed by atoms with Crippen LogP contribution in [0.3, 0.4) is 0 Å². The van der Waals surface area contributed by atoms with Gasteiger partial charge in [-0.3, -0.25) is 4.79 Å². The van der Waals surface area contributed by atoms with Gasteiger partial charge < -0.3 is 4.90 Å². The van der Waals surface area contributed by atoms with Crippen LogP contribution in [0.15, 0.2) is 24.4 Å². The van der Waals surface area contributed by atoms with E-state index in [4.69, 9.17) is 0 Å². The van der Waals surface area contributed by atoms with Gasteiger partial charge in [0.05, 0.1) is 0 Å². The van der Waals surface area contributed by atoms with Crippen LogP contribution in [0.5, 0.6) is 0 Å². The largest absolute Gasteiger partial charge is 0.313 e. The van der Waals surface area contributed by atoms with E-state index in [2.05, 4.69) is 6.92 Å². The van der Waals surface area contributed by atoms with Crippen LogP contribution in [0, 0.1) is 0 Å². The van der Waals surface area contributed by atoms with E-state index in [-0.39, 0.29) is 11.9 Å². The van der Waals surface area contributed by atoms with E-state index in [1.807, 2.05) is 33.0 Å². The Morgan fingerprint density at radius 3 is 2.46 bits per heavy atom. The first-order valence-corrected chi connectivity index (χ1v) is 4.75. The second-order valence-corrected chi connectivity index (χ2v) is 3.13. The predicted octanol–water partition coefficient (Wildman–Crippen LogP) is 2.72. The van der Waals surface area contributed by atoms with Crippen molar-refractivity contribution >= 4 is 5.91 Å². The van der Waals surface area contributed by atoms with Gasteiger partial charge in [-0.05, 0) is 33.3 Å². The molecule has 0 fully saturated rings. The fraction of sp³-hybridized carbons (Fsp3) is 0.545. The van der Waals surface area contributed by atoms with Gasteiger partial charge in [0.2, 0.25) is 5.91 Å². The van der Waals surface area contributed by atoms with Crippen LogP contribution in [-0.4, -0.2) is 16.8 Å². The van der Waals surface area contributed by atoms with Crippen LogP contribution < -0.4 is 0 Å². The third kappa shape index (κ3) is 4.51. The van der Waals surface area contributed by atoms with Crippen molar-refractivity contribution in [1.82, 2.24) is 4.90 Å². The van der Waals surface area contributed by atoms with Gasteiger partial charge in [0.15, 0.2) is 0 Å². The number of rotatable bonds is 4. The average molecular weight is 181 g/mol. The third-order valence-corrected chi connectivity index (χ3v) is 1.62. The number of nitrogens with zero attached hydrogens (tertiary/aromatic N) is 1. The molecule has 0 bridgehead atoms. The molecule has 0 aromatic carbocycles. The van der Waals surface area contributed by atoms with Crippen LogP contribution in [0.25, 0.3) is 0 Å². The lowest BCUT2D eigenvalue weighted by Gasteiger charge is -2.20. The van der Waals surface area contributed by atoms with Crippen molar-refractivity contribution in [3.8, 4) is 0 Å². The van der Waals surface area contributed by atoms with Gasteiger partial charge in [-0.2, -0.15) is 0 Å². The van der Waals surface area contributed by atoms with Gasteiger partial charge in [-0.15, -0.1) is 0 Å². The molecule has 2 nitrogen and oxygen atoms in total. The quantitative estimate of drug-likeness (QED) is 0.611. The summed E-state index contributed by atoms with van der Waals surface area (Å²) in [6, 6.07) is 0.214. The van der Waals surface area contributed by atoms with Crippen molar-refractivity contribution in [3.63, 3.8) is 0 Å². The highest BCUT2D eigenvalue weighted by Crippen LogP contribution is 2.01. The molecular formula is C11H19NO. The maximum absolute atomic E-state index is 11.5. The molecule has 0 atom stereocenters. The van der Waals surface area contributed by atoms with Crippen LogP contribution in [0.2, 0.25) is 0 Å². The molecule has 0 N–H and O–H groups in total. The maximum atomic E-state index is 11.5.